The largest absolute Gasteiger partial charge is 0.395 e. The number of nitrogens with zero attached hydrogens (tertiary/aromatic N) is 2. The van der Waals surface area contributed by atoms with Crippen LogP contribution in [0.2, 0.25) is 0 Å². The molecule has 1 aromatic carbocycles. The molecule has 3 rings (SSSR count). The first kappa shape index (κ1) is 22.3. The minimum atomic E-state index is -4.14. The van der Waals surface area contributed by atoms with Gasteiger partial charge in [0.15, 0.2) is 0 Å². The van der Waals surface area contributed by atoms with E-state index in [0.717, 1.165) is 37.7 Å². The highest BCUT2D eigenvalue weighted by molar-refractivity contribution is 5.49. The molecule has 6 heteroatoms. The molecule has 1 aromatic rings. The van der Waals surface area contributed by atoms with E-state index in [4.69, 9.17) is 5.26 Å². The summed E-state index contributed by atoms with van der Waals surface area (Å²) in [7, 11) is 0. The van der Waals surface area contributed by atoms with E-state index in [9.17, 15) is 18.0 Å². The normalized spacial score (nSPS) is 25.7. The maximum absolute atomic E-state index is 12.2. The lowest BCUT2D eigenvalue weighted by molar-refractivity contribution is -0.146. The van der Waals surface area contributed by atoms with E-state index in [-0.39, 0.29) is 5.41 Å². The number of alkyl halides is 3. The maximum atomic E-state index is 12.2. The summed E-state index contributed by atoms with van der Waals surface area (Å²) in [6.45, 7) is 5.05. The third-order valence-electron chi connectivity index (χ3n) is 5.91. The molecule has 2 saturated carbocycles. The fraction of sp³-hybridized carbons (Fsp3) is 0.636. The van der Waals surface area contributed by atoms with Crippen molar-refractivity contribution in [3.63, 3.8) is 0 Å². The molecular formula is C22H29F3N2O. The Hall–Kier alpha value is -2.03. The maximum Gasteiger partial charge on any atom is 0.395 e. The summed E-state index contributed by atoms with van der Waals surface area (Å²) >= 11 is 0. The topological polar surface area (TPSA) is 44.1 Å². The van der Waals surface area contributed by atoms with Crippen molar-refractivity contribution in [1.82, 2.24) is 4.90 Å². The minimum absolute atomic E-state index is 0.144. The average Bonchev–Trinajstić information content (AvgIpc) is 3.49. The van der Waals surface area contributed by atoms with Gasteiger partial charge in [-0.1, -0.05) is 29.8 Å². The zero-order valence-electron chi connectivity index (χ0n) is 16.8. The fourth-order valence-electron chi connectivity index (χ4n) is 3.54. The van der Waals surface area contributed by atoms with Gasteiger partial charge in [0.2, 0.25) is 6.41 Å². The van der Waals surface area contributed by atoms with E-state index < -0.39 is 12.1 Å². The van der Waals surface area contributed by atoms with Gasteiger partial charge in [-0.25, -0.2) is 0 Å². The molecule has 28 heavy (non-hydrogen) atoms. The van der Waals surface area contributed by atoms with E-state index in [2.05, 4.69) is 6.07 Å². The van der Waals surface area contributed by atoms with Crippen LogP contribution in [-0.4, -0.2) is 29.6 Å². The number of carbonyl (C=O) groups excluding carboxylic acids is 1. The first-order chi connectivity index (χ1) is 13.1. The van der Waals surface area contributed by atoms with Crippen LogP contribution in [0.3, 0.4) is 0 Å². The average molecular weight is 394 g/mol. The van der Waals surface area contributed by atoms with E-state index >= 15 is 0 Å². The number of aryl methyl sites for hydroxylation is 1. The van der Waals surface area contributed by atoms with Crippen molar-refractivity contribution in [2.75, 3.05) is 0 Å². The number of amides is 1. The SMILES string of the molecule is CC1(C#N)CCC(N(C=O)C2CC2)CC1.Cc1ccc(C(C)C(F)(F)F)cc1. The van der Waals surface area contributed by atoms with Crippen LogP contribution in [0.4, 0.5) is 13.2 Å². The number of carbonyl (C=O) groups is 1. The predicted octanol–water partition coefficient (Wildman–Crippen LogP) is 5.74. The number of hydrogen-bond donors (Lipinski definition) is 0. The lowest BCUT2D eigenvalue weighted by atomic mass is 9.75. The van der Waals surface area contributed by atoms with Crippen molar-refractivity contribution < 1.29 is 18.0 Å². The Morgan fingerprint density at radius 1 is 1.14 bits per heavy atom. The van der Waals surface area contributed by atoms with Gasteiger partial charge in [0, 0.05) is 12.1 Å². The summed E-state index contributed by atoms with van der Waals surface area (Å²) < 4.78 is 36.7. The molecule has 2 aliphatic rings. The molecule has 1 amide bonds. The summed E-state index contributed by atoms with van der Waals surface area (Å²) in [6, 6.07) is 9.73. The molecule has 2 fully saturated rings. The fourth-order valence-corrected chi connectivity index (χ4v) is 3.54. The van der Waals surface area contributed by atoms with Gasteiger partial charge in [0.05, 0.1) is 17.4 Å². The smallest absolute Gasteiger partial charge is 0.339 e. The standard InChI is InChI=1S/C12H18N2O.C10H11F3/c1-12(8-13)6-4-11(5-7-12)14(9-15)10-2-3-10;1-7-3-5-9(6-4-7)8(2)10(11,12)13/h9-11H,2-7H2,1H3;3-6,8H,1-2H3. The van der Waals surface area contributed by atoms with Crippen molar-refractivity contribution >= 4 is 6.41 Å². The summed E-state index contributed by atoms with van der Waals surface area (Å²) in [5.74, 6) is -1.38. The second-order valence-electron chi connectivity index (χ2n) is 8.36. The highest BCUT2D eigenvalue weighted by Crippen LogP contribution is 2.39. The molecular weight excluding hydrogens is 365 g/mol. The molecule has 1 unspecified atom stereocenters. The molecule has 0 radical (unpaired) electrons. The lowest BCUT2D eigenvalue weighted by Gasteiger charge is -2.37. The van der Waals surface area contributed by atoms with Crippen molar-refractivity contribution in [2.24, 2.45) is 5.41 Å². The van der Waals surface area contributed by atoms with Crippen molar-refractivity contribution in [3.8, 4) is 6.07 Å². The van der Waals surface area contributed by atoms with Crippen molar-refractivity contribution in [3.05, 3.63) is 35.4 Å². The summed E-state index contributed by atoms with van der Waals surface area (Å²) in [6.07, 6.45) is 3.08. The van der Waals surface area contributed by atoms with Crippen LogP contribution >= 0.6 is 0 Å². The van der Waals surface area contributed by atoms with Crippen LogP contribution in [0, 0.1) is 23.7 Å². The van der Waals surface area contributed by atoms with Crippen molar-refractivity contribution in [2.45, 2.75) is 83.5 Å². The third kappa shape index (κ3) is 5.98. The molecule has 0 spiro atoms. The predicted molar refractivity (Wildman–Crippen MR) is 103 cm³/mol. The Morgan fingerprint density at radius 2 is 1.64 bits per heavy atom. The van der Waals surface area contributed by atoms with Crippen LogP contribution in [0.5, 0.6) is 0 Å². The van der Waals surface area contributed by atoms with Crippen LogP contribution in [0.15, 0.2) is 24.3 Å². The third-order valence-corrected chi connectivity index (χ3v) is 5.91. The van der Waals surface area contributed by atoms with E-state index in [1.807, 2.05) is 18.7 Å². The summed E-state index contributed by atoms with van der Waals surface area (Å²) in [5, 5.41) is 9.02. The number of rotatable bonds is 4. The Labute approximate surface area is 165 Å². The van der Waals surface area contributed by atoms with E-state index in [1.165, 1.54) is 31.9 Å². The minimum Gasteiger partial charge on any atom is -0.339 e. The van der Waals surface area contributed by atoms with Gasteiger partial charge < -0.3 is 4.90 Å². The number of nitriles is 1. The molecule has 3 nitrogen and oxygen atoms in total. The van der Waals surface area contributed by atoms with E-state index in [0.29, 0.717) is 17.6 Å². The first-order valence-corrected chi connectivity index (χ1v) is 9.87. The molecule has 2 aliphatic carbocycles. The van der Waals surface area contributed by atoms with Crippen LogP contribution in [-0.2, 0) is 4.79 Å². The molecule has 0 N–H and O–H groups in total. The number of benzene rings is 1. The monoisotopic (exact) mass is 394 g/mol. The van der Waals surface area contributed by atoms with Gasteiger partial charge in [-0.2, -0.15) is 18.4 Å². The van der Waals surface area contributed by atoms with Gasteiger partial charge >= 0.3 is 6.18 Å². The Morgan fingerprint density at radius 3 is 2.04 bits per heavy atom. The van der Waals surface area contributed by atoms with Gasteiger partial charge in [-0.15, -0.1) is 0 Å². The van der Waals surface area contributed by atoms with Crippen LogP contribution < -0.4 is 0 Å². The summed E-state index contributed by atoms with van der Waals surface area (Å²) in [5.41, 5.74) is 1.14. The second kappa shape index (κ2) is 8.98. The molecule has 154 valence electrons. The Bertz CT molecular complexity index is 681. The zero-order valence-corrected chi connectivity index (χ0v) is 16.8. The van der Waals surface area contributed by atoms with Crippen molar-refractivity contribution in [1.29, 1.82) is 5.26 Å². The molecule has 0 aromatic heterocycles. The van der Waals surface area contributed by atoms with Crippen LogP contribution in [0.1, 0.15) is 69.4 Å². The molecule has 0 aliphatic heterocycles. The molecule has 1 atom stereocenters. The number of halogens is 3. The summed E-state index contributed by atoms with van der Waals surface area (Å²) in [4.78, 5) is 13.0. The van der Waals surface area contributed by atoms with Gasteiger partial charge in [-0.05, 0) is 64.9 Å². The van der Waals surface area contributed by atoms with Gasteiger partial charge in [0.25, 0.3) is 0 Å². The number of hydrogen-bond acceptors (Lipinski definition) is 2. The highest BCUT2D eigenvalue weighted by atomic mass is 19.4. The van der Waals surface area contributed by atoms with Crippen LogP contribution in [0.25, 0.3) is 0 Å². The Balaban J connectivity index is 0.000000203. The lowest BCUT2D eigenvalue weighted by Crippen LogP contribution is -2.40. The van der Waals surface area contributed by atoms with E-state index in [1.54, 1.807) is 12.1 Å². The molecule has 0 bridgehead atoms. The zero-order chi connectivity index (χ0) is 20.9. The molecule has 0 heterocycles. The first-order valence-electron chi connectivity index (χ1n) is 9.87. The quantitative estimate of drug-likeness (QED) is 0.611. The Kier molecular flexibility index (Phi) is 7.14. The molecule has 0 saturated heterocycles. The van der Waals surface area contributed by atoms with Gasteiger partial charge in [-0.3, -0.25) is 4.79 Å². The second-order valence-corrected chi connectivity index (χ2v) is 8.36. The highest BCUT2D eigenvalue weighted by Gasteiger charge is 2.38. The van der Waals surface area contributed by atoms with Gasteiger partial charge in [0.1, 0.15) is 0 Å².